The average molecular weight is 414 g/mol. The SMILES string of the molecule is CN(Cc1nc2ccc(F)cc2[nH]1)c1cc(C2CC(N)C2)nc(N)n1.Cl.Cl. The van der Waals surface area contributed by atoms with Crippen LogP contribution in [0.25, 0.3) is 11.0 Å². The molecule has 4 rings (SSSR count). The van der Waals surface area contributed by atoms with Crippen molar-refractivity contribution in [2.45, 2.75) is 31.3 Å². The summed E-state index contributed by atoms with van der Waals surface area (Å²) >= 11 is 0. The van der Waals surface area contributed by atoms with E-state index >= 15 is 0 Å². The Labute approximate surface area is 168 Å². The molecule has 7 nitrogen and oxygen atoms in total. The normalized spacial score (nSPS) is 18.3. The number of hydrogen-bond acceptors (Lipinski definition) is 6. The van der Waals surface area contributed by atoms with E-state index in [9.17, 15) is 4.39 Å². The van der Waals surface area contributed by atoms with E-state index in [2.05, 4.69) is 19.9 Å². The molecule has 0 spiro atoms. The zero-order valence-corrected chi connectivity index (χ0v) is 16.4. The first-order valence-electron chi connectivity index (χ1n) is 8.23. The summed E-state index contributed by atoms with van der Waals surface area (Å²) in [5.74, 6) is 1.78. The molecular weight excluding hydrogens is 392 g/mol. The molecule has 0 bridgehead atoms. The average Bonchev–Trinajstić information content (AvgIpc) is 2.92. The van der Waals surface area contributed by atoms with Gasteiger partial charge >= 0.3 is 0 Å². The molecule has 2 heterocycles. The van der Waals surface area contributed by atoms with Crippen molar-refractivity contribution in [3.8, 4) is 0 Å². The standard InChI is InChI=1S/C17H20FN7.2ClH/c1-25(8-15-21-12-3-2-10(18)6-14(12)22-15)16-7-13(23-17(20)24-16)9-4-11(19)5-9;;/h2-3,6-7,9,11H,4-5,8,19H2,1H3,(H,21,22)(H2,20,23,24);2*1H. The number of aromatic amines is 1. The maximum absolute atomic E-state index is 13.3. The Balaban J connectivity index is 0.00000131. The number of imidazole rings is 1. The molecule has 0 aliphatic heterocycles. The van der Waals surface area contributed by atoms with Crippen molar-refractivity contribution < 1.29 is 4.39 Å². The van der Waals surface area contributed by atoms with Crippen molar-refractivity contribution >= 4 is 47.6 Å². The molecule has 1 aliphatic carbocycles. The number of nitrogen functional groups attached to an aromatic ring is 1. The molecule has 1 saturated carbocycles. The van der Waals surface area contributed by atoms with Crippen LogP contribution in [0.2, 0.25) is 0 Å². The fourth-order valence-corrected chi connectivity index (χ4v) is 3.19. The molecule has 1 aliphatic rings. The molecule has 0 radical (unpaired) electrons. The van der Waals surface area contributed by atoms with E-state index in [1.807, 2.05) is 18.0 Å². The predicted octanol–water partition coefficient (Wildman–Crippen LogP) is 2.76. The zero-order chi connectivity index (χ0) is 17.6. The molecule has 0 unspecified atom stereocenters. The van der Waals surface area contributed by atoms with Crippen LogP contribution in [-0.4, -0.2) is 33.0 Å². The lowest BCUT2D eigenvalue weighted by Gasteiger charge is -2.32. The molecule has 3 aromatic rings. The molecule has 0 amide bonds. The molecule has 10 heteroatoms. The van der Waals surface area contributed by atoms with E-state index in [0.717, 1.165) is 35.7 Å². The van der Waals surface area contributed by atoms with Crippen molar-refractivity contribution in [2.24, 2.45) is 5.73 Å². The summed E-state index contributed by atoms with van der Waals surface area (Å²) in [6, 6.07) is 6.70. The van der Waals surface area contributed by atoms with Crippen LogP contribution in [0.5, 0.6) is 0 Å². The van der Waals surface area contributed by atoms with Crippen LogP contribution in [0.3, 0.4) is 0 Å². The second-order valence-electron chi connectivity index (χ2n) is 6.64. The van der Waals surface area contributed by atoms with E-state index in [1.165, 1.54) is 12.1 Å². The molecule has 1 fully saturated rings. The molecule has 27 heavy (non-hydrogen) atoms. The third-order valence-corrected chi connectivity index (χ3v) is 4.61. The Morgan fingerprint density at radius 3 is 2.63 bits per heavy atom. The van der Waals surface area contributed by atoms with Crippen LogP contribution < -0.4 is 16.4 Å². The van der Waals surface area contributed by atoms with Gasteiger partial charge in [0.05, 0.1) is 23.3 Å². The van der Waals surface area contributed by atoms with Crippen LogP contribution in [0.15, 0.2) is 24.3 Å². The van der Waals surface area contributed by atoms with Gasteiger partial charge in [-0.15, -0.1) is 24.8 Å². The molecule has 5 N–H and O–H groups in total. The number of halogens is 3. The third kappa shape index (κ3) is 4.40. The number of aromatic nitrogens is 4. The summed E-state index contributed by atoms with van der Waals surface area (Å²) in [6.45, 7) is 0.496. The summed E-state index contributed by atoms with van der Waals surface area (Å²) < 4.78 is 13.3. The van der Waals surface area contributed by atoms with E-state index in [-0.39, 0.29) is 42.6 Å². The summed E-state index contributed by atoms with van der Waals surface area (Å²) in [6.07, 6.45) is 1.85. The highest BCUT2D eigenvalue weighted by Crippen LogP contribution is 2.35. The van der Waals surface area contributed by atoms with Gasteiger partial charge in [-0.1, -0.05) is 0 Å². The Morgan fingerprint density at radius 1 is 1.19 bits per heavy atom. The van der Waals surface area contributed by atoms with Gasteiger partial charge in [-0.25, -0.2) is 14.4 Å². The predicted molar refractivity (Wildman–Crippen MR) is 109 cm³/mol. The van der Waals surface area contributed by atoms with Gasteiger partial charge in [-0.3, -0.25) is 0 Å². The summed E-state index contributed by atoms with van der Waals surface area (Å²) in [5, 5.41) is 0. The lowest BCUT2D eigenvalue weighted by molar-refractivity contribution is 0.345. The number of fused-ring (bicyclic) bond motifs is 1. The molecule has 2 aromatic heterocycles. The van der Waals surface area contributed by atoms with Crippen LogP contribution >= 0.6 is 24.8 Å². The number of nitrogens with one attached hydrogen (secondary N) is 1. The van der Waals surface area contributed by atoms with Crippen LogP contribution in [0.1, 0.15) is 30.3 Å². The molecule has 146 valence electrons. The number of nitrogens with zero attached hydrogens (tertiary/aromatic N) is 4. The third-order valence-electron chi connectivity index (χ3n) is 4.61. The van der Waals surface area contributed by atoms with E-state index in [4.69, 9.17) is 11.5 Å². The van der Waals surface area contributed by atoms with E-state index < -0.39 is 0 Å². The Morgan fingerprint density at radius 2 is 1.93 bits per heavy atom. The first kappa shape index (κ1) is 21.1. The van der Waals surface area contributed by atoms with Gasteiger partial charge < -0.3 is 21.4 Å². The second-order valence-corrected chi connectivity index (χ2v) is 6.64. The topological polar surface area (TPSA) is 110 Å². The van der Waals surface area contributed by atoms with Crippen LogP contribution in [-0.2, 0) is 6.54 Å². The van der Waals surface area contributed by atoms with Gasteiger partial charge in [-0.2, -0.15) is 4.98 Å². The minimum absolute atomic E-state index is 0. The van der Waals surface area contributed by atoms with Gasteiger partial charge in [0.25, 0.3) is 0 Å². The highest BCUT2D eigenvalue weighted by molar-refractivity contribution is 5.85. The molecule has 1 aromatic carbocycles. The number of hydrogen-bond donors (Lipinski definition) is 3. The molecule has 0 saturated heterocycles. The molecule has 0 atom stereocenters. The maximum Gasteiger partial charge on any atom is 0.222 e. The Bertz CT molecular complexity index is 927. The minimum atomic E-state index is -0.289. The lowest BCUT2D eigenvalue weighted by atomic mass is 9.78. The van der Waals surface area contributed by atoms with Gasteiger partial charge in [0, 0.05) is 25.1 Å². The fraction of sp³-hybridized carbons (Fsp3) is 0.353. The first-order valence-corrected chi connectivity index (χ1v) is 8.23. The van der Waals surface area contributed by atoms with Crippen molar-refractivity contribution in [2.75, 3.05) is 17.7 Å². The summed E-state index contributed by atoms with van der Waals surface area (Å²) in [5.41, 5.74) is 14.1. The van der Waals surface area contributed by atoms with Gasteiger partial charge in [0.15, 0.2) is 0 Å². The highest BCUT2D eigenvalue weighted by Gasteiger charge is 2.29. The zero-order valence-electron chi connectivity index (χ0n) is 14.7. The number of benzene rings is 1. The molecular formula is C17H22Cl2FN7. The number of rotatable bonds is 4. The summed E-state index contributed by atoms with van der Waals surface area (Å²) in [7, 11) is 1.91. The minimum Gasteiger partial charge on any atom is -0.368 e. The largest absolute Gasteiger partial charge is 0.368 e. The van der Waals surface area contributed by atoms with E-state index in [0.29, 0.717) is 18.0 Å². The lowest BCUT2D eigenvalue weighted by Crippen LogP contribution is -2.35. The highest BCUT2D eigenvalue weighted by atomic mass is 35.5. The van der Waals surface area contributed by atoms with E-state index in [1.54, 1.807) is 6.07 Å². The van der Waals surface area contributed by atoms with Crippen molar-refractivity contribution in [1.29, 1.82) is 0 Å². The smallest absolute Gasteiger partial charge is 0.222 e. The summed E-state index contributed by atoms with van der Waals surface area (Å²) in [4.78, 5) is 18.2. The van der Waals surface area contributed by atoms with Crippen LogP contribution in [0.4, 0.5) is 16.2 Å². The van der Waals surface area contributed by atoms with Gasteiger partial charge in [0.1, 0.15) is 17.5 Å². The Hall–Kier alpha value is -2.16. The monoisotopic (exact) mass is 413 g/mol. The maximum atomic E-state index is 13.3. The van der Waals surface area contributed by atoms with Crippen molar-refractivity contribution in [1.82, 2.24) is 19.9 Å². The fourth-order valence-electron chi connectivity index (χ4n) is 3.19. The number of H-pyrrole nitrogens is 1. The van der Waals surface area contributed by atoms with Gasteiger partial charge in [0.2, 0.25) is 5.95 Å². The Kier molecular flexibility index (Phi) is 6.46. The second kappa shape index (κ2) is 8.24. The van der Waals surface area contributed by atoms with Crippen molar-refractivity contribution in [3.05, 3.63) is 41.6 Å². The van der Waals surface area contributed by atoms with Gasteiger partial charge in [-0.05, 0) is 31.0 Å². The first-order chi connectivity index (χ1) is 12.0. The number of nitrogens with two attached hydrogens (primary N) is 2. The van der Waals surface area contributed by atoms with Crippen molar-refractivity contribution in [3.63, 3.8) is 0 Å². The quantitative estimate of drug-likeness (QED) is 0.606. The van der Waals surface area contributed by atoms with Crippen LogP contribution in [0, 0.1) is 5.82 Å². The number of anilines is 2.